The van der Waals surface area contributed by atoms with Gasteiger partial charge in [-0.2, -0.15) is 0 Å². The minimum atomic E-state index is -1.30. The van der Waals surface area contributed by atoms with Gasteiger partial charge >= 0.3 is 5.97 Å². The Labute approximate surface area is 213 Å². The summed E-state index contributed by atoms with van der Waals surface area (Å²) in [6.45, 7) is 8.03. The van der Waals surface area contributed by atoms with Crippen molar-refractivity contribution in [1.29, 1.82) is 0 Å². The summed E-state index contributed by atoms with van der Waals surface area (Å²) in [5.41, 5.74) is 3.27. The highest BCUT2D eigenvalue weighted by Crippen LogP contribution is 2.55. The van der Waals surface area contributed by atoms with Gasteiger partial charge in [0.15, 0.2) is 5.79 Å². The Kier molecular flexibility index (Phi) is 7.21. The maximum atomic E-state index is 12.7. The zero-order valence-corrected chi connectivity index (χ0v) is 21.8. The molecule has 3 aliphatic rings. The first kappa shape index (κ1) is 25.4. The molecule has 1 aromatic carbocycles. The van der Waals surface area contributed by atoms with E-state index in [0.29, 0.717) is 6.42 Å². The summed E-state index contributed by atoms with van der Waals surface area (Å²) in [5.74, 6) is -1.26. The van der Waals surface area contributed by atoms with Crippen molar-refractivity contribution in [2.24, 2.45) is 29.6 Å². The molecule has 0 amide bonds. The summed E-state index contributed by atoms with van der Waals surface area (Å²) in [6.07, 6.45) is 8.08. The normalized spacial score (nSPS) is 36.1. The van der Waals surface area contributed by atoms with Gasteiger partial charge in [-0.15, -0.1) is 5.10 Å². The summed E-state index contributed by atoms with van der Waals surface area (Å²) in [5, 5.41) is 20.5. The van der Waals surface area contributed by atoms with Crippen molar-refractivity contribution < 1.29 is 24.4 Å². The predicted octanol–water partition coefficient (Wildman–Crippen LogP) is 4.44. The molecule has 0 radical (unpaired) electrons. The highest BCUT2D eigenvalue weighted by molar-refractivity contribution is 5.73. The van der Waals surface area contributed by atoms with E-state index in [0.717, 1.165) is 30.5 Å². The Morgan fingerprint density at radius 3 is 2.69 bits per heavy atom. The number of esters is 1. The van der Waals surface area contributed by atoms with Crippen LogP contribution in [0.3, 0.4) is 0 Å². The number of rotatable bonds is 7. The van der Waals surface area contributed by atoms with E-state index in [-0.39, 0.29) is 41.6 Å². The minimum absolute atomic E-state index is 0.0316. The van der Waals surface area contributed by atoms with Crippen LogP contribution in [0.15, 0.2) is 30.5 Å². The number of benzene rings is 1. The largest absolute Gasteiger partial charge is 0.721 e. The van der Waals surface area contributed by atoms with Gasteiger partial charge in [0.1, 0.15) is 5.69 Å². The van der Waals surface area contributed by atoms with Crippen molar-refractivity contribution in [3.05, 3.63) is 36.0 Å². The van der Waals surface area contributed by atoms with E-state index in [4.69, 9.17) is 9.47 Å². The second-order valence-electron chi connectivity index (χ2n) is 11.3. The third-order valence-electron chi connectivity index (χ3n) is 8.99. The van der Waals surface area contributed by atoms with E-state index in [9.17, 15) is 10.1 Å². The Morgan fingerprint density at radius 1 is 1.19 bits per heavy atom. The van der Waals surface area contributed by atoms with E-state index in [2.05, 4.69) is 53.3 Å². The first-order valence-corrected chi connectivity index (χ1v) is 13.5. The number of unbranched alkanes of at least 4 members (excludes halogenated alkanes) is 2. The standard InChI is InChI=1S/C28H39N3O5/c1-5-6-7-8-19-9-11-20(12-10-19)23-16-31(30-29-23)24-15-22-18(3)26(32)34-27-25(22)21(17(24)2)13-14-28(4,35-27)36-33/h9-12,16-18,21-22,24-25,27,33H,5-8,13-15H2,1-4H3/p-1/t17-,18+,21?,22-,24+,25?,27+,28+/m0/s1. The molecule has 3 fully saturated rings. The predicted molar refractivity (Wildman–Crippen MR) is 131 cm³/mol. The average molecular weight is 497 g/mol. The van der Waals surface area contributed by atoms with Gasteiger partial charge in [-0.1, -0.05) is 63.1 Å². The molecular weight excluding hydrogens is 458 g/mol. The van der Waals surface area contributed by atoms with Crippen LogP contribution in [0.2, 0.25) is 0 Å². The lowest BCUT2D eigenvalue weighted by atomic mass is 9.59. The highest BCUT2D eigenvalue weighted by Gasteiger charge is 2.57. The minimum Gasteiger partial charge on any atom is -0.721 e. The average Bonchev–Trinajstić information content (AvgIpc) is 3.31. The van der Waals surface area contributed by atoms with Crippen LogP contribution < -0.4 is 5.26 Å². The molecule has 0 bridgehead atoms. The molecule has 0 spiro atoms. The zero-order valence-electron chi connectivity index (χ0n) is 21.8. The lowest BCUT2D eigenvalue weighted by Gasteiger charge is -2.51. The first-order chi connectivity index (χ1) is 17.3. The van der Waals surface area contributed by atoms with Crippen molar-refractivity contribution in [3.8, 4) is 11.3 Å². The Morgan fingerprint density at radius 2 is 1.97 bits per heavy atom. The van der Waals surface area contributed by atoms with Crippen LogP contribution in [0.5, 0.6) is 0 Å². The molecule has 8 atom stereocenters. The SMILES string of the molecule is CCCCCc1ccc(-c2cn([C@@H]3C[C@@H]4C5C(CC[C@@](C)(O[O-])O[C@H]5OC(=O)[C@@H]4C)[C@@H]3C)nn2)cc1. The fraction of sp³-hybridized carbons (Fsp3) is 0.679. The van der Waals surface area contributed by atoms with Crippen LogP contribution in [0.25, 0.3) is 11.3 Å². The smallest absolute Gasteiger partial charge is 0.311 e. The van der Waals surface area contributed by atoms with Crippen molar-refractivity contribution >= 4 is 5.97 Å². The highest BCUT2D eigenvalue weighted by atomic mass is 17.1. The molecule has 2 aliphatic heterocycles. The fourth-order valence-electron chi connectivity index (χ4n) is 6.71. The monoisotopic (exact) mass is 496 g/mol. The molecule has 8 nitrogen and oxygen atoms in total. The molecule has 2 saturated heterocycles. The molecular formula is C28H38N3O5-. The van der Waals surface area contributed by atoms with Gasteiger partial charge in [0.05, 0.1) is 18.2 Å². The summed E-state index contributed by atoms with van der Waals surface area (Å²) >= 11 is 0. The number of hydrogen-bond donors (Lipinski definition) is 0. The molecule has 196 valence electrons. The Hall–Kier alpha value is -2.29. The number of hydrogen-bond acceptors (Lipinski definition) is 7. The lowest BCUT2D eigenvalue weighted by Crippen LogP contribution is -2.54. The number of aryl methyl sites for hydroxylation is 1. The summed E-state index contributed by atoms with van der Waals surface area (Å²) in [6, 6.07) is 8.73. The van der Waals surface area contributed by atoms with E-state index in [1.54, 1.807) is 6.92 Å². The number of carbonyl (C=O) groups is 1. The summed E-state index contributed by atoms with van der Waals surface area (Å²) in [7, 11) is 0. The van der Waals surface area contributed by atoms with Gasteiger partial charge in [0.2, 0.25) is 6.29 Å². The molecule has 2 unspecified atom stereocenters. The quantitative estimate of drug-likeness (QED) is 0.242. The van der Waals surface area contributed by atoms with Crippen LogP contribution in [-0.2, 0) is 25.6 Å². The number of nitrogens with zero attached hydrogens (tertiary/aromatic N) is 3. The van der Waals surface area contributed by atoms with Crippen LogP contribution in [-0.4, -0.2) is 33.0 Å². The molecule has 36 heavy (non-hydrogen) atoms. The molecule has 8 heteroatoms. The second-order valence-corrected chi connectivity index (χ2v) is 11.3. The van der Waals surface area contributed by atoms with Crippen LogP contribution in [0.4, 0.5) is 0 Å². The van der Waals surface area contributed by atoms with Crippen LogP contribution in [0.1, 0.15) is 77.8 Å². The Bertz CT molecular complexity index is 1060. The maximum absolute atomic E-state index is 12.7. The number of carbonyl (C=O) groups excluding carboxylic acids is 1. The van der Waals surface area contributed by atoms with E-state index < -0.39 is 12.1 Å². The second kappa shape index (κ2) is 10.2. The first-order valence-electron chi connectivity index (χ1n) is 13.5. The lowest BCUT2D eigenvalue weighted by molar-refractivity contribution is -0.739. The molecule has 0 N–H and O–H groups in total. The zero-order chi connectivity index (χ0) is 25.4. The third-order valence-corrected chi connectivity index (χ3v) is 8.99. The van der Waals surface area contributed by atoms with Crippen molar-refractivity contribution in [1.82, 2.24) is 15.0 Å². The molecule has 2 aromatic rings. The topological polar surface area (TPSA) is 98.5 Å². The Balaban J connectivity index is 1.38. The maximum Gasteiger partial charge on any atom is 0.311 e. The summed E-state index contributed by atoms with van der Waals surface area (Å²) in [4.78, 5) is 17.2. The third kappa shape index (κ3) is 4.71. The van der Waals surface area contributed by atoms with E-state index in [1.165, 1.54) is 24.8 Å². The van der Waals surface area contributed by atoms with Crippen LogP contribution in [0, 0.1) is 29.6 Å². The van der Waals surface area contributed by atoms with E-state index in [1.807, 2.05) is 17.8 Å². The van der Waals surface area contributed by atoms with Crippen molar-refractivity contribution in [3.63, 3.8) is 0 Å². The van der Waals surface area contributed by atoms with Gasteiger partial charge < -0.3 is 19.6 Å². The molecule has 3 heterocycles. The molecule has 5 rings (SSSR count). The van der Waals surface area contributed by atoms with Gasteiger partial charge in [-0.05, 0) is 55.9 Å². The van der Waals surface area contributed by atoms with Crippen molar-refractivity contribution in [2.45, 2.75) is 90.8 Å². The van der Waals surface area contributed by atoms with E-state index >= 15 is 0 Å². The van der Waals surface area contributed by atoms with Gasteiger partial charge in [-0.25, -0.2) is 4.68 Å². The fourth-order valence-corrected chi connectivity index (χ4v) is 6.71. The van der Waals surface area contributed by atoms with Crippen molar-refractivity contribution in [2.75, 3.05) is 0 Å². The van der Waals surface area contributed by atoms with Crippen LogP contribution >= 0.6 is 0 Å². The number of ether oxygens (including phenoxy) is 2. The van der Waals surface area contributed by atoms with Gasteiger partial charge in [-0.3, -0.25) is 4.79 Å². The molecule has 1 aliphatic carbocycles. The molecule has 1 aromatic heterocycles. The van der Waals surface area contributed by atoms with Gasteiger partial charge in [0, 0.05) is 17.9 Å². The van der Waals surface area contributed by atoms with Gasteiger partial charge in [0.25, 0.3) is 0 Å². The summed E-state index contributed by atoms with van der Waals surface area (Å²) < 4.78 is 13.7. The molecule has 1 saturated carbocycles. The number of aromatic nitrogens is 3.